The highest BCUT2D eigenvalue weighted by Crippen LogP contribution is 2.66. The van der Waals surface area contributed by atoms with Crippen molar-refractivity contribution in [2.45, 2.75) is 35.4 Å². The van der Waals surface area contributed by atoms with E-state index in [4.69, 9.17) is 27.9 Å². The number of ketones is 1. The number of rotatable bonds is 5. The predicted octanol–water partition coefficient (Wildman–Crippen LogP) is 6.12. The normalized spacial score (nSPS) is 29.4. The maximum atomic E-state index is 14.5. The van der Waals surface area contributed by atoms with Gasteiger partial charge in [0.2, 0.25) is 11.8 Å². The number of ether oxygens (including phenoxy) is 1. The lowest BCUT2D eigenvalue weighted by molar-refractivity contribution is -0.125. The van der Waals surface area contributed by atoms with E-state index in [2.05, 4.69) is 0 Å². The van der Waals surface area contributed by atoms with Crippen LogP contribution in [0.1, 0.15) is 41.6 Å². The average Bonchev–Trinajstić information content (AvgIpc) is 3.40. The Morgan fingerprint density at radius 2 is 1.56 bits per heavy atom. The third kappa shape index (κ3) is 4.42. The molecule has 0 spiro atoms. The highest BCUT2D eigenvalue weighted by Gasteiger charge is 2.76. The SMILES string of the molecule is COc1cc([C@H]2C3=CC[C@@H]4C(=O)N(c5ccc(C(C)=O)cc5)C(=O)[C@@H]4[C@@H]3C[C@@]3(Cl)C(=O)N(c4ccc(F)cc4)C(=O)[C@@]23Cl)cc(I)c1O. The second kappa shape index (κ2) is 11.4. The predicted molar refractivity (Wildman–Crippen MR) is 183 cm³/mol. The van der Waals surface area contributed by atoms with Crippen molar-refractivity contribution in [3.63, 3.8) is 0 Å². The van der Waals surface area contributed by atoms with E-state index in [9.17, 15) is 33.5 Å². The number of allylic oxidation sites excluding steroid dienone is 2. The van der Waals surface area contributed by atoms with E-state index < -0.39 is 62.9 Å². The smallest absolute Gasteiger partial charge is 0.258 e. The Morgan fingerprint density at radius 1 is 0.938 bits per heavy atom. The Labute approximate surface area is 297 Å². The molecule has 2 aliphatic heterocycles. The highest BCUT2D eigenvalue weighted by atomic mass is 127. The zero-order valence-corrected chi connectivity index (χ0v) is 29.0. The average molecular weight is 803 g/mol. The molecule has 9 nitrogen and oxygen atoms in total. The zero-order valence-electron chi connectivity index (χ0n) is 25.4. The van der Waals surface area contributed by atoms with E-state index in [-0.39, 0.29) is 35.8 Å². The van der Waals surface area contributed by atoms with Crippen LogP contribution < -0.4 is 14.5 Å². The van der Waals surface area contributed by atoms with Crippen LogP contribution in [-0.2, 0) is 19.2 Å². The maximum absolute atomic E-state index is 14.5. The molecule has 2 aliphatic carbocycles. The molecule has 4 amide bonds. The third-order valence-electron chi connectivity index (χ3n) is 10.0. The molecule has 3 fully saturated rings. The molecule has 0 unspecified atom stereocenters. The number of alkyl halides is 2. The number of carbonyl (C=O) groups excluding carboxylic acids is 5. The van der Waals surface area contributed by atoms with Crippen LogP contribution in [0.4, 0.5) is 15.8 Å². The molecule has 1 saturated carbocycles. The van der Waals surface area contributed by atoms with Gasteiger partial charge in [0.15, 0.2) is 27.0 Å². The number of hydrogen-bond acceptors (Lipinski definition) is 7. The Kier molecular flexibility index (Phi) is 7.76. The van der Waals surface area contributed by atoms with Gasteiger partial charge < -0.3 is 9.84 Å². The lowest BCUT2D eigenvalue weighted by atomic mass is 9.56. The number of carbonyl (C=O) groups is 5. The fourth-order valence-electron chi connectivity index (χ4n) is 7.79. The van der Waals surface area contributed by atoms with Gasteiger partial charge in [-0.2, -0.15) is 0 Å². The van der Waals surface area contributed by atoms with Gasteiger partial charge in [0.1, 0.15) is 5.82 Å². The van der Waals surface area contributed by atoms with Crippen molar-refractivity contribution in [2.24, 2.45) is 17.8 Å². The molecule has 2 saturated heterocycles. The van der Waals surface area contributed by atoms with Gasteiger partial charge in [-0.3, -0.25) is 28.9 Å². The number of imide groups is 2. The molecular formula is C35H26Cl2FIN2O7. The van der Waals surface area contributed by atoms with Gasteiger partial charge in [-0.15, -0.1) is 23.2 Å². The van der Waals surface area contributed by atoms with Gasteiger partial charge in [0, 0.05) is 11.5 Å². The Bertz CT molecular complexity index is 1990. The second-order valence-electron chi connectivity index (χ2n) is 12.4. The minimum Gasteiger partial charge on any atom is -0.504 e. The zero-order chi connectivity index (χ0) is 34.4. The molecule has 7 rings (SSSR count). The lowest BCUT2D eigenvalue weighted by Crippen LogP contribution is -2.60. The largest absolute Gasteiger partial charge is 0.504 e. The molecule has 246 valence electrons. The number of aromatic hydroxyl groups is 1. The number of methoxy groups -OCH3 is 1. The Hall–Kier alpha value is -3.81. The molecule has 3 aromatic rings. The fourth-order valence-corrected chi connectivity index (χ4v) is 9.35. The summed E-state index contributed by atoms with van der Waals surface area (Å²) in [6, 6.07) is 14.1. The molecule has 3 aromatic carbocycles. The first-order valence-electron chi connectivity index (χ1n) is 15.0. The number of benzene rings is 3. The van der Waals surface area contributed by atoms with Crippen LogP contribution in [-0.4, -0.2) is 51.4 Å². The van der Waals surface area contributed by atoms with Crippen LogP contribution in [0.15, 0.2) is 72.3 Å². The van der Waals surface area contributed by atoms with E-state index in [0.717, 1.165) is 21.9 Å². The summed E-state index contributed by atoms with van der Waals surface area (Å²) in [5.74, 6) is -7.00. The topological polar surface area (TPSA) is 121 Å². The molecule has 13 heteroatoms. The van der Waals surface area contributed by atoms with Crippen LogP contribution in [0.2, 0.25) is 0 Å². The standard InChI is InChI=1S/C35H26Cl2FIN2O7/c1-16(42)17-3-7-20(8-4-17)40-30(44)23-12-11-22-24(27(23)31(40)45)15-34(36)32(46)41(21-9-5-19(38)6-10-21)33(47)35(34,37)28(22)18-13-25(39)29(43)26(14-18)48-2/h3-11,13-14,23-24,27-28,43H,12,15H2,1-2H3/t23-,24+,27-,28-,34+,35-/m0/s1. The lowest BCUT2D eigenvalue weighted by Gasteiger charge is -2.50. The quantitative estimate of drug-likeness (QED) is 0.109. The summed E-state index contributed by atoms with van der Waals surface area (Å²) in [7, 11) is 1.37. The Morgan fingerprint density at radius 3 is 2.19 bits per heavy atom. The molecule has 0 bridgehead atoms. The van der Waals surface area contributed by atoms with Gasteiger partial charge >= 0.3 is 0 Å². The second-order valence-corrected chi connectivity index (χ2v) is 14.8. The van der Waals surface area contributed by atoms with Crippen molar-refractivity contribution in [2.75, 3.05) is 16.9 Å². The van der Waals surface area contributed by atoms with Gasteiger partial charge in [-0.1, -0.05) is 11.6 Å². The van der Waals surface area contributed by atoms with Gasteiger partial charge in [0.25, 0.3) is 11.8 Å². The number of Topliss-reactive ketones (excluding diaryl/α,β-unsaturated/α-hetero) is 1. The number of hydrogen-bond donors (Lipinski definition) is 1. The highest BCUT2D eigenvalue weighted by molar-refractivity contribution is 14.1. The minimum absolute atomic E-state index is 0.0691. The van der Waals surface area contributed by atoms with E-state index >= 15 is 0 Å². The summed E-state index contributed by atoms with van der Waals surface area (Å²) < 4.78 is 19.7. The minimum atomic E-state index is -2.13. The van der Waals surface area contributed by atoms with E-state index in [1.807, 2.05) is 22.6 Å². The molecule has 6 atom stereocenters. The van der Waals surface area contributed by atoms with E-state index in [1.165, 1.54) is 32.2 Å². The number of phenols is 1. The summed E-state index contributed by atoms with van der Waals surface area (Å²) >= 11 is 16.7. The first-order valence-corrected chi connectivity index (χ1v) is 16.9. The number of halogens is 4. The van der Waals surface area contributed by atoms with Crippen LogP contribution in [0, 0.1) is 27.1 Å². The molecular weight excluding hydrogens is 777 g/mol. The van der Waals surface area contributed by atoms with Crippen molar-refractivity contribution >= 4 is 86.6 Å². The summed E-state index contributed by atoms with van der Waals surface area (Å²) in [4.78, 5) is 66.6. The summed E-state index contributed by atoms with van der Waals surface area (Å²) in [6.07, 6.45) is 1.71. The van der Waals surface area contributed by atoms with Crippen molar-refractivity contribution in [1.82, 2.24) is 0 Å². The van der Waals surface area contributed by atoms with Crippen molar-refractivity contribution in [3.8, 4) is 11.5 Å². The maximum Gasteiger partial charge on any atom is 0.258 e. The molecule has 2 heterocycles. The first kappa shape index (κ1) is 32.7. The third-order valence-corrected chi connectivity index (χ3v) is 12.3. The van der Waals surface area contributed by atoms with Crippen molar-refractivity contribution in [3.05, 3.63) is 92.8 Å². The molecule has 0 aromatic heterocycles. The molecule has 4 aliphatic rings. The van der Waals surface area contributed by atoms with Gasteiger partial charge in [-0.05, 0) is 115 Å². The fraction of sp³-hybridized carbons (Fsp3) is 0.286. The van der Waals surface area contributed by atoms with Crippen molar-refractivity contribution in [1.29, 1.82) is 0 Å². The first-order chi connectivity index (χ1) is 22.7. The number of anilines is 2. The monoisotopic (exact) mass is 802 g/mol. The van der Waals surface area contributed by atoms with Crippen LogP contribution in [0.5, 0.6) is 11.5 Å². The van der Waals surface area contributed by atoms with Crippen LogP contribution in [0.25, 0.3) is 0 Å². The van der Waals surface area contributed by atoms with E-state index in [0.29, 0.717) is 26.0 Å². The molecule has 1 N–H and O–H groups in total. The number of amides is 4. The Balaban J connectivity index is 1.39. The van der Waals surface area contributed by atoms with Gasteiger partial charge in [0.05, 0.1) is 33.9 Å². The van der Waals surface area contributed by atoms with Crippen LogP contribution >= 0.6 is 45.8 Å². The van der Waals surface area contributed by atoms with E-state index in [1.54, 1.807) is 36.4 Å². The molecule has 0 radical (unpaired) electrons. The van der Waals surface area contributed by atoms with Crippen molar-refractivity contribution < 1.29 is 38.2 Å². The number of phenolic OH excluding ortho intramolecular Hbond substituents is 1. The van der Waals surface area contributed by atoms with Crippen LogP contribution in [0.3, 0.4) is 0 Å². The van der Waals surface area contributed by atoms with Gasteiger partial charge in [-0.25, -0.2) is 9.29 Å². The molecule has 48 heavy (non-hydrogen) atoms. The number of fused-ring (bicyclic) bond motifs is 4. The summed E-state index contributed by atoms with van der Waals surface area (Å²) in [5.41, 5.74) is 1.76. The summed E-state index contributed by atoms with van der Waals surface area (Å²) in [5, 5.41) is 10.7. The summed E-state index contributed by atoms with van der Waals surface area (Å²) in [6.45, 7) is 1.41. The number of nitrogens with zero attached hydrogens (tertiary/aromatic N) is 2.